The molecule has 0 fully saturated rings. The Morgan fingerprint density at radius 3 is 2.66 bits per heavy atom. The predicted molar refractivity (Wildman–Crippen MR) is 125 cm³/mol. The van der Waals surface area contributed by atoms with Gasteiger partial charge in [-0.15, -0.1) is 10.2 Å². The molecule has 0 aliphatic rings. The molecule has 2 aromatic heterocycles. The van der Waals surface area contributed by atoms with Crippen LogP contribution in [0.1, 0.15) is 46.0 Å². The van der Waals surface area contributed by atoms with Crippen LogP contribution >= 0.6 is 23.1 Å². The molecule has 1 aromatic carbocycles. The topological polar surface area (TPSA) is 126 Å². The Kier molecular flexibility index (Phi) is 7.65. The fourth-order valence-corrected chi connectivity index (χ4v) is 4.74. The number of carbonyl (C=O) groups excluding carboxylic acids is 3. The van der Waals surface area contributed by atoms with E-state index in [1.54, 1.807) is 32.9 Å². The molecule has 1 amide bonds. The lowest BCUT2D eigenvalue weighted by molar-refractivity contribution is -0.114. The molecule has 0 spiro atoms. The fraction of sp³-hybridized carbons (Fsp3) is 0.286. The second kappa shape index (κ2) is 10.4. The summed E-state index contributed by atoms with van der Waals surface area (Å²) in [4.78, 5) is 39.0. The van der Waals surface area contributed by atoms with Crippen molar-refractivity contribution < 1.29 is 19.1 Å². The molecule has 0 saturated carbocycles. The number of aryl methyl sites for hydroxylation is 1. The molecular weight excluding hydrogens is 450 g/mol. The van der Waals surface area contributed by atoms with Crippen LogP contribution in [0.5, 0.6) is 0 Å². The van der Waals surface area contributed by atoms with Gasteiger partial charge in [0, 0.05) is 29.6 Å². The van der Waals surface area contributed by atoms with Gasteiger partial charge in [-0.3, -0.25) is 9.59 Å². The summed E-state index contributed by atoms with van der Waals surface area (Å²) in [5.74, 6) is -0.565. The Balaban J connectivity index is 1.63. The summed E-state index contributed by atoms with van der Waals surface area (Å²) in [6.45, 7) is 6.94. The van der Waals surface area contributed by atoms with Crippen molar-refractivity contribution in [3.8, 4) is 0 Å². The lowest BCUT2D eigenvalue weighted by atomic mass is 10.1. The number of amides is 1. The Morgan fingerprint density at radius 1 is 1.19 bits per heavy atom. The molecule has 0 atom stereocenters. The molecular formula is C21H23N5O4S2. The number of ketones is 1. The summed E-state index contributed by atoms with van der Waals surface area (Å²) in [6.07, 6.45) is 0. The zero-order valence-electron chi connectivity index (χ0n) is 18.1. The fourth-order valence-electron chi connectivity index (χ4n) is 3.10. The molecule has 0 aliphatic heterocycles. The lowest BCUT2D eigenvalue weighted by Gasteiger charge is -2.05. The van der Waals surface area contributed by atoms with E-state index in [9.17, 15) is 14.4 Å². The first-order chi connectivity index (χ1) is 15.3. The van der Waals surface area contributed by atoms with Gasteiger partial charge < -0.3 is 20.4 Å². The van der Waals surface area contributed by atoms with E-state index < -0.39 is 5.97 Å². The van der Waals surface area contributed by atoms with Gasteiger partial charge >= 0.3 is 5.97 Å². The molecule has 0 saturated heterocycles. The van der Waals surface area contributed by atoms with E-state index in [0.29, 0.717) is 37.7 Å². The average molecular weight is 474 g/mol. The Morgan fingerprint density at radius 2 is 1.94 bits per heavy atom. The molecule has 3 N–H and O–H groups in total. The first-order valence-electron chi connectivity index (χ1n) is 9.79. The van der Waals surface area contributed by atoms with Gasteiger partial charge in [-0.2, -0.15) is 0 Å². The van der Waals surface area contributed by atoms with Gasteiger partial charge in [0.2, 0.25) is 11.0 Å². The third kappa shape index (κ3) is 5.74. The number of nitrogens with zero attached hydrogens (tertiary/aromatic N) is 2. The number of anilines is 3. The van der Waals surface area contributed by atoms with Gasteiger partial charge in [-0.25, -0.2) is 4.79 Å². The van der Waals surface area contributed by atoms with Gasteiger partial charge in [0.1, 0.15) is 5.69 Å². The number of aromatic nitrogens is 3. The maximum Gasteiger partial charge on any atom is 0.355 e. The van der Waals surface area contributed by atoms with E-state index >= 15 is 0 Å². The van der Waals surface area contributed by atoms with Gasteiger partial charge in [0.25, 0.3) is 0 Å². The SMILES string of the molecule is CCOC(=O)c1[nH]c(C)c(C(=O)CSc2nnc(Nc3cccc(NC(C)=O)c3)s2)c1C. The lowest BCUT2D eigenvalue weighted by Crippen LogP contribution is -2.08. The van der Waals surface area contributed by atoms with Crippen LogP contribution in [-0.2, 0) is 9.53 Å². The third-order valence-electron chi connectivity index (χ3n) is 4.36. The first-order valence-corrected chi connectivity index (χ1v) is 11.6. The highest BCUT2D eigenvalue weighted by Gasteiger charge is 2.23. The van der Waals surface area contributed by atoms with Crippen LogP contribution in [0, 0.1) is 13.8 Å². The largest absolute Gasteiger partial charge is 0.461 e. The highest BCUT2D eigenvalue weighted by molar-refractivity contribution is 8.01. The number of nitrogens with one attached hydrogen (secondary N) is 3. The summed E-state index contributed by atoms with van der Waals surface area (Å²) < 4.78 is 5.67. The number of Topliss-reactive ketones (excluding diaryl/α,β-unsaturated/α-hetero) is 1. The number of esters is 1. The number of hydrogen-bond acceptors (Lipinski definition) is 9. The van der Waals surface area contributed by atoms with Crippen LogP contribution in [0.3, 0.4) is 0 Å². The molecule has 32 heavy (non-hydrogen) atoms. The second-order valence-electron chi connectivity index (χ2n) is 6.82. The zero-order chi connectivity index (χ0) is 23.3. The Labute approximate surface area is 193 Å². The monoisotopic (exact) mass is 473 g/mol. The number of thioether (sulfide) groups is 1. The van der Waals surface area contributed by atoms with Crippen LogP contribution < -0.4 is 10.6 Å². The number of benzene rings is 1. The maximum atomic E-state index is 12.8. The van der Waals surface area contributed by atoms with Crippen molar-refractivity contribution in [2.45, 2.75) is 32.0 Å². The molecule has 3 aromatic rings. The van der Waals surface area contributed by atoms with Crippen molar-refractivity contribution in [1.82, 2.24) is 15.2 Å². The van der Waals surface area contributed by atoms with Crippen molar-refractivity contribution in [1.29, 1.82) is 0 Å². The van der Waals surface area contributed by atoms with E-state index in [0.717, 1.165) is 5.69 Å². The summed E-state index contributed by atoms with van der Waals surface area (Å²) in [7, 11) is 0. The molecule has 0 bridgehead atoms. The molecule has 9 nitrogen and oxygen atoms in total. The molecule has 168 valence electrons. The summed E-state index contributed by atoms with van der Waals surface area (Å²) >= 11 is 2.60. The van der Waals surface area contributed by atoms with E-state index in [-0.39, 0.29) is 24.1 Å². The maximum absolute atomic E-state index is 12.8. The van der Waals surface area contributed by atoms with E-state index in [1.807, 2.05) is 12.1 Å². The minimum atomic E-state index is -0.470. The summed E-state index contributed by atoms with van der Waals surface area (Å²) in [6, 6.07) is 7.24. The van der Waals surface area contributed by atoms with Crippen LogP contribution in [0.25, 0.3) is 0 Å². The normalized spacial score (nSPS) is 10.6. The number of carbonyl (C=O) groups is 3. The van der Waals surface area contributed by atoms with Gasteiger partial charge in [-0.05, 0) is 44.5 Å². The van der Waals surface area contributed by atoms with Gasteiger partial charge in [0.05, 0.1) is 12.4 Å². The standard InChI is InChI=1S/C21H23N5O4S2/c1-5-30-19(29)18-11(2)17(12(3)22-18)16(28)10-31-21-26-25-20(32-21)24-15-8-6-7-14(9-15)23-13(4)27/h6-9,22H,5,10H2,1-4H3,(H,23,27)(H,24,25). The highest BCUT2D eigenvalue weighted by atomic mass is 32.2. The highest BCUT2D eigenvalue weighted by Crippen LogP contribution is 2.30. The Bertz CT molecular complexity index is 1160. The summed E-state index contributed by atoms with van der Waals surface area (Å²) in [5.41, 5.74) is 3.46. The number of rotatable bonds is 9. The predicted octanol–water partition coefficient (Wildman–Crippen LogP) is 4.34. The quantitative estimate of drug-likeness (QED) is 0.238. The van der Waals surface area contributed by atoms with Crippen molar-refractivity contribution in [2.24, 2.45) is 0 Å². The average Bonchev–Trinajstić information content (AvgIpc) is 3.29. The van der Waals surface area contributed by atoms with Crippen molar-refractivity contribution >= 4 is 57.3 Å². The minimum absolute atomic E-state index is 0.107. The zero-order valence-corrected chi connectivity index (χ0v) is 19.7. The van der Waals surface area contributed by atoms with Gasteiger partial charge in [-0.1, -0.05) is 29.2 Å². The number of H-pyrrole nitrogens is 1. The first kappa shape index (κ1) is 23.5. The molecule has 2 heterocycles. The molecule has 3 rings (SSSR count). The number of hydrogen-bond donors (Lipinski definition) is 3. The van der Waals surface area contributed by atoms with Crippen LogP contribution in [-0.4, -0.2) is 45.2 Å². The van der Waals surface area contributed by atoms with Crippen LogP contribution in [0.15, 0.2) is 28.6 Å². The van der Waals surface area contributed by atoms with E-state index in [1.165, 1.54) is 30.0 Å². The molecule has 0 radical (unpaired) electrons. The van der Waals surface area contributed by atoms with Crippen molar-refractivity contribution in [2.75, 3.05) is 23.0 Å². The Hall–Kier alpha value is -3.18. The van der Waals surface area contributed by atoms with Gasteiger partial charge in [0.15, 0.2) is 10.1 Å². The van der Waals surface area contributed by atoms with E-state index in [2.05, 4.69) is 25.8 Å². The summed E-state index contributed by atoms with van der Waals surface area (Å²) in [5, 5.41) is 14.7. The smallest absolute Gasteiger partial charge is 0.355 e. The second-order valence-corrected chi connectivity index (χ2v) is 9.02. The molecule has 0 unspecified atom stereocenters. The number of aromatic amines is 1. The van der Waals surface area contributed by atoms with Crippen LogP contribution in [0.4, 0.5) is 16.5 Å². The van der Waals surface area contributed by atoms with Crippen LogP contribution in [0.2, 0.25) is 0 Å². The molecule has 11 heteroatoms. The third-order valence-corrected chi connectivity index (χ3v) is 6.34. The number of ether oxygens (including phenoxy) is 1. The van der Waals surface area contributed by atoms with E-state index in [4.69, 9.17) is 4.74 Å². The molecule has 0 aliphatic carbocycles. The van der Waals surface area contributed by atoms with Crippen molar-refractivity contribution in [3.05, 3.63) is 46.8 Å². The minimum Gasteiger partial charge on any atom is -0.461 e. The van der Waals surface area contributed by atoms with Crippen molar-refractivity contribution in [3.63, 3.8) is 0 Å².